The molecule has 2 atom stereocenters. The fourth-order valence-corrected chi connectivity index (χ4v) is 2.39. The van der Waals surface area contributed by atoms with E-state index in [-0.39, 0.29) is 6.04 Å². The van der Waals surface area contributed by atoms with Gasteiger partial charge in [0.15, 0.2) is 0 Å². The monoisotopic (exact) mass is 258 g/mol. The van der Waals surface area contributed by atoms with Gasteiger partial charge in [-0.1, -0.05) is 19.9 Å². The first-order valence-corrected chi connectivity index (χ1v) is 6.92. The predicted octanol–water partition coefficient (Wildman–Crippen LogP) is 3.83. The fourth-order valence-electron chi connectivity index (χ4n) is 2.39. The molecule has 2 aromatic rings. The maximum absolute atomic E-state index is 5.45. The lowest BCUT2D eigenvalue weighted by molar-refractivity contribution is 0.445. The Kier molecular flexibility index (Phi) is 4.74. The molecule has 0 saturated carbocycles. The van der Waals surface area contributed by atoms with Gasteiger partial charge in [0.1, 0.15) is 5.76 Å². The van der Waals surface area contributed by atoms with Crippen molar-refractivity contribution in [3.05, 3.63) is 53.7 Å². The van der Waals surface area contributed by atoms with Crippen molar-refractivity contribution in [1.29, 1.82) is 0 Å². The number of pyridine rings is 1. The highest BCUT2D eigenvalue weighted by Crippen LogP contribution is 2.31. The predicted molar refractivity (Wildman–Crippen MR) is 77.1 cm³/mol. The molecule has 2 rings (SSSR count). The van der Waals surface area contributed by atoms with Crippen LogP contribution in [0.2, 0.25) is 0 Å². The van der Waals surface area contributed by atoms with Crippen molar-refractivity contribution in [1.82, 2.24) is 10.3 Å². The van der Waals surface area contributed by atoms with E-state index in [4.69, 9.17) is 4.42 Å². The number of nitrogens with one attached hydrogen (secondary N) is 1. The second-order valence-electron chi connectivity index (χ2n) is 4.91. The summed E-state index contributed by atoms with van der Waals surface area (Å²) in [5, 5.41) is 3.61. The van der Waals surface area contributed by atoms with Crippen molar-refractivity contribution in [3.8, 4) is 0 Å². The summed E-state index contributed by atoms with van der Waals surface area (Å²) < 4.78 is 5.45. The van der Waals surface area contributed by atoms with Crippen LogP contribution in [0.4, 0.5) is 0 Å². The van der Waals surface area contributed by atoms with Gasteiger partial charge in [-0.2, -0.15) is 0 Å². The molecule has 2 heterocycles. The average Bonchev–Trinajstić information content (AvgIpc) is 2.86. The highest BCUT2D eigenvalue weighted by molar-refractivity contribution is 5.25. The van der Waals surface area contributed by atoms with Crippen molar-refractivity contribution >= 4 is 0 Å². The van der Waals surface area contributed by atoms with Crippen LogP contribution in [0.25, 0.3) is 0 Å². The minimum atomic E-state index is 0.244. The van der Waals surface area contributed by atoms with E-state index < -0.39 is 0 Å². The lowest BCUT2D eigenvalue weighted by Crippen LogP contribution is -2.27. The maximum Gasteiger partial charge on any atom is 0.105 e. The van der Waals surface area contributed by atoms with Crippen LogP contribution in [0.1, 0.15) is 49.2 Å². The molecular weight excluding hydrogens is 236 g/mol. The Balaban J connectivity index is 2.25. The largest absolute Gasteiger partial charge is 0.469 e. The second-order valence-corrected chi connectivity index (χ2v) is 4.91. The first-order valence-electron chi connectivity index (χ1n) is 6.92. The number of furan rings is 1. The van der Waals surface area contributed by atoms with Crippen molar-refractivity contribution in [2.24, 2.45) is 0 Å². The van der Waals surface area contributed by atoms with Crippen LogP contribution in [-0.2, 0) is 0 Å². The molecule has 0 radical (unpaired) electrons. The molecule has 2 unspecified atom stereocenters. The lowest BCUT2D eigenvalue weighted by Gasteiger charge is -2.24. The summed E-state index contributed by atoms with van der Waals surface area (Å²) in [6.07, 6.45) is 4.73. The van der Waals surface area contributed by atoms with E-state index in [9.17, 15) is 0 Å². The van der Waals surface area contributed by atoms with Gasteiger partial charge in [-0.25, -0.2) is 0 Å². The Morgan fingerprint density at radius 2 is 2.16 bits per heavy atom. The van der Waals surface area contributed by atoms with Gasteiger partial charge in [-0.15, -0.1) is 0 Å². The lowest BCUT2D eigenvalue weighted by atomic mass is 9.91. The van der Waals surface area contributed by atoms with Crippen molar-refractivity contribution in [3.63, 3.8) is 0 Å². The Hall–Kier alpha value is -1.61. The molecule has 0 spiro atoms. The molecule has 2 aromatic heterocycles. The topological polar surface area (TPSA) is 38.1 Å². The second kappa shape index (κ2) is 6.53. The quantitative estimate of drug-likeness (QED) is 0.855. The van der Waals surface area contributed by atoms with Gasteiger partial charge in [-0.3, -0.25) is 4.98 Å². The van der Waals surface area contributed by atoms with E-state index in [1.807, 2.05) is 25.3 Å². The summed E-state index contributed by atoms with van der Waals surface area (Å²) in [6, 6.07) is 8.38. The maximum atomic E-state index is 5.45. The molecular formula is C16H22N2O. The third-order valence-electron chi connectivity index (χ3n) is 3.50. The number of hydrogen-bond donors (Lipinski definition) is 1. The van der Waals surface area contributed by atoms with Crippen molar-refractivity contribution in [2.45, 2.75) is 39.2 Å². The van der Waals surface area contributed by atoms with Gasteiger partial charge in [0.2, 0.25) is 0 Å². The number of nitrogens with zero attached hydrogens (tertiary/aromatic N) is 1. The Morgan fingerprint density at radius 3 is 2.74 bits per heavy atom. The first kappa shape index (κ1) is 13.8. The highest BCUT2D eigenvalue weighted by Gasteiger charge is 2.23. The SMILES string of the molecule is CCCNC(c1ccoc1C)C(C)c1ccccn1. The Labute approximate surface area is 115 Å². The normalized spacial score (nSPS) is 14.3. The summed E-state index contributed by atoms with van der Waals surface area (Å²) in [7, 11) is 0. The number of hydrogen-bond acceptors (Lipinski definition) is 3. The molecule has 0 bridgehead atoms. The summed E-state index contributed by atoms with van der Waals surface area (Å²) in [4.78, 5) is 4.48. The van der Waals surface area contributed by atoms with Crippen LogP contribution >= 0.6 is 0 Å². The molecule has 102 valence electrons. The number of aryl methyl sites for hydroxylation is 1. The summed E-state index contributed by atoms with van der Waals surface area (Å²) in [6.45, 7) is 7.40. The molecule has 1 N–H and O–H groups in total. The van der Waals surface area contributed by atoms with E-state index in [0.29, 0.717) is 5.92 Å². The highest BCUT2D eigenvalue weighted by atomic mass is 16.3. The first-order chi connectivity index (χ1) is 9.24. The van der Waals surface area contributed by atoms with E-state index in [2.05, 4.69) is 36.3 Å². The van der Waals surface area contributed by atoms with Gasteiger partial charge < -0.3 is 9.73 Å². The molecule has 0 aliphatic carbocycles. The smallest absolute Gasteiger partial charge is 0.105 e. The van der Waals surface area contributed by atoms with Crippen LogP contribution in [0.5, 0.6) is 0 Å². The summed E-state index contributed by atoms with van der Waals surface area (Å²) in [5.41, 5.74) is 2.34. The van der Waals surface area contributed by atoms with E-state index in [1.165, 1.54) is 5.56 Å². The molecule has 0 aliphatic heterocycles. The molecule has 0 fully saturated rings. The van der Waals surface area contributed by atoms with Crippen LogP contribution in [0.15, 0.2) is 41.1 Å². The average molecular weight is 258 g/mol. The zero-order valence-electron chi connectivity index (χ0n) is 11.9. The molecule has 0 aromatic carbocycles. The van der Waals surface area contributed by atoms with Crippen molar-refractivity contribution < 1.29 is 4.42 Å². The minimum Gasteiger partial charge on any atom is -0.469 e. The summed E-state index contributed by atoms with van der Waals surface area (Å²) >= 11 is 0. The van der Waals surface area contributed by atoms with Crippen LogP contribution in [0, 0.1) is 6.92 Å². The standard InChI is InChI=1S/C16H22N2O/c1-4-9-18-16(14-8-11-19-13(14)3)12(2)15-7-5-6-10-17-15/h5-8,10-12,16,18H,4,9H2,1-3H3. The van der Waals surface area contributed by atoms with Gasteiger partial charge >= 0.3 is 0 Å². The van der Waals surface area contributed by atoms with Gasteiger partial charge in [0.25, 0.3) is 0 Å². The van der Waals surface area contributed by atoms with E-state index >= 15 is 0 Å². The van der Waals surface area contributed by atoms with Crippen molar-refractivity contribution in [2.75, 3.05) is 6.54 Å². The Morgan fingerprint density at radius 1 is 1.32 bits per heavy atom. The fraction of sp³-hybridized carbons (Fsp3) is 0.438. The molecule has 3 nitrogen and oxygen atoms in total. The molecule has 0 aliphatic rings. The van der Waals surface area contributed by atoms with Gasteiger partial charge in [0, 0.05) is 29.4 Å². The summed E-state index contributed by atoms with van der Waals surface area (Å²) in [5.74, 6) is 1.29. The van der Waals surface area contributed by atoms with E-state index in [1.54, 1.807) is 6.26 Å². The third kappa shape index (κ3) is 3.24. The Bertz CT molecular complexity index is 492. The van der Waals surface area contributed by atoms with Crippen LogP contribution in [-0.4, -0.2) is 11.5 Å². The van der Waals surface area contributed by atoms with Gasteiger partial charge in [-0.05, 0) is 38.1 Å². The minimum absolute atomic E-state index is 0.244. The zero-order chi connectivity index (χ0) is 13.7. The number of rotatable bonds is 6. The molecule has 0 saturated heterocycles. The zero-order valence-corrected chi connectivity index (χ0v) is 11.9. The number of aromatic nitrogens is 1. The van der Waals surface area contributed by atoms with Crippen LogP contribution in [0.3, 0.4) is 0 Å². The molecule has 0 amide bonds. The molecule has 19 heavy (non-hydrogen) atoms. The van der Waals surface area contributed by atoms with Gasteiger partial charge in [0.05, 0.1) is 6.26 Å². The third-order valence-corrected chi connectivity index (χ3v) is 3.50. The van der Waals surface area contributed by atoms with Crippen LogP contribution < -0.4 is 5.32 Å². The molecule has 3 heteroatoms. The van der Waals surface area contributed by atoms with E-state index in [0.717, 1.165) is 24.4 Å².